The Bertz CT molecular complexity index is 182. The van der Waals surface area contributed by atoms with Gasteiger partial charge in [0.05, 0.1) is 11.9 Å². The molecule has 3 nitrogen and oxygen atoms in total. The topological polar surface area (TPSA) is 54.4 Å². The van der Waals surface area contributed by atoms with Crippen LogP contribution in [0.4, 0.5) is 0 Å². The summed E-state index contributed by atoms with van der Waals surface area (Å²) in [5.74, 6) is 0.404. The summed E-state index contributed by atoms with van der Waals surface area (Å²) in [5.41, 5.74) is 0. The Morgan fingerprint density at radius 3 is 2.36 bits per heavy atom. The van der Waals surface area contributed by atoms with Gasteiger partial charge >= 0.3 is 0 Å². The van der Waals surface area contributed by atoms with E-state index in [2.05, 4.69) is 0 Å². The van der Waals surface area contributed by atoms with Gasteiger partial charge in [0.1, 0.15) is 9.84 Å². The summed E-state index contributed by atoms with van der Waals surface area (Å²) < 4.78 is 21.8. The van der Waals surface area contributed by atoms with Crippen LogP contribution < -0.4 is 0 Å². The van der Waals surface area contributed by atoms with Gasteiger partial charge in [-0.2, -0.15) is 0 Å². The molecule has 0 amide bonds. The Labute approximate surface area is 68.3 Å². The molecule has 4 heteroatoms. The molecule has 0 aromatic rings. The normalized spacial score (nSPS) is 14.8. The molecule has 0 fully saturated rings. The second-order valence-corrected chi connectivity index (χ2v) is 5.20. The molecule has 0 aliphatic rings. The van der Waals surface area contributed by atoms with E-state index in [1.165, 1.54) is 0 Å². The van der Waals surface area contributed by atoms with E-state index in [0.717, 1.165) is 0 Å². The lowest BCUT2D eigenvalue weighted by molar-refractivity contribution is 0.184. The van der Waals surface area contributed by atoms with Gasteiger partial charge in [-0.25, -0.2) is 8.42 Å². The smallest absolute Gasteiger partial charge is 0.150 e. The van der Waals surface area contributed by atoms with Gasteiger partial charge in [0.25, 0.3) is 0 Å². The second-order valence-electron chi connectivity index (χ2n) is 2.73. The van der Waals surface area contributed by atoms with Gasteiger partial charge in [-0.15, -0.1) is 0 Å². The quantitative estimate of drug-likeness (QED) is 0.673. The van der Waals surface area contributed by atoms with Crippen molar-refractivity contribution in [2.45, 2.75) is 32.8 Å². The molecular weight excluding hydrogens is 164 g/mol. The van der Waals surface area contributed by atoms with Crippen LogP contribution in [0.15, 0.2) is 0 Å². The lowest BCUT2D eigenvalue weighted by Crippen LogP contribution is -2.10. The predicted molar refractivity (Wildman–Crippen MR) is 45.2 cm³/mol. The van der Waals surface area contributed by atoms with E-state index in [-0.39, 0.29) is 17.6 Å². The number of rotatable bonds is 5. The number of hydrogen-bond donors (Lipinski definition) is 1. The molecule has 1 atom stereocenters. The maximum absolute atomic E-state index is 10.9. The van der Waals surface area contributed by atoms with Crippen LogP contribution in [-0.4, -0.2) is 31.1 Å². The molecule has 0 rings (SSSR count). The van der Waals surface area contributed by atoms with Crippen molar-refractivity contribution in [3.05, 3.63) is 0 Å². The zero-order valence-electron chi connectivity index (χ0n) is 7.08. The minimum absolute atomic E-state index is 0.201. The Kier molecular flexibility index (Phi) is 4.68. The largest absolute Gasteiger partial charge is 0.393 e. The summed E-state index contributed by atoms with van der Waals surface area (Å²) in [6, 6.07) is 0. The Morgan fingerprint density at radius 2 is 2.00 bits per heavy atom. The van der Waals surface area contributed by atoms with Crippen molar-refractivity contribution in [2.75, 3.05) is 11.5 Å². The molecular formula is C7H16O3S. The predicted octanol–water partition coefficient (Wildman–Crippen LogP) is 0.582. The van der Waals surface area contributed by atoms with Gasteiger partial charge in [0, 0.05) is 5.75 Å². The molecule has 0 aromatic carbocycles. The Hall–Kier alpha value is -0.0900. The van der Waals surface area contributed by atoms with Gasteiger partial charge in [-0.3, -0.25) is 0 Å². The number of sulfone groups is 1. The first-order chi connectivity index (χ1) is 4.98. The molecule has 0 saturated heterocycles. The molecule has 1 unspecified atom stereocenters. The third kappa shape index (κ3) is 6.31. The van der Waals surface area contributed by atoms with Gasteiger partial charge < -0.3 is 5.11 Å². The summed E-state index contributed by atoms with van der Waals surface area (Å²) in [4.78, 5) is 0. The minimum atomic E-state index is -2.83. The lowest BCUT2D eigenvalue weighted by Gasteiger charge is -2.02. The van der Waals surface area contributed by atoms with E-state index in [4.69, 9.17) is 5.11 Å². The van der Waals surface area contributed by atoms with Crippen molar-refractivity contribution >= 4 is 9.84 Å². The zero-order valence-corrected chi connectivity index (χ0v) is 7.89. The van der Waals surface area contributed by atoms with Crippen molar-refractivity contribution in [3.63, 3.8) is 0 Å². The summed E-state index contributed by atoms with van der Waals surface area (Å²) in [6.45, 7) is 3.30. The summed E-state index contributed by atoms with van der Waals surface area (Å²) in [6.07, 6.45) is 0.745. The third-order valence-electron chi connectivity index (χ3n) is 1.52. The number of hydrogen-bond acceptors (Lipinski definition) is 3. The average Bonchev–Trinajstić information content (AvgIpc) is 1.87. The molecule has 0 saturated carbocycles. The minimum Gasteiger partial charge on any atom is -0.393 e. The fourth-order valence-electron chi connectivity index (χ4n) is 0.743. The van der Waals surface area contributed by atoms with Crippen LogP contribution in [0.5, 0.6) is 0 Å². The standard InChI is InChI=1S/C7H16O3S/c1-3-11(9,10)6-4-5-7(2)8/h7-8H,3-6H2,1-2H3. The van der Waals surface area contributed by atoms with Crippen molar-refractivity contribution < 1.29 is 13.5 Å². The van der Waals surface area contributed by atoms with Crippen LogP contribution in [-0.2, 0) is 9.84 Å². The highest BCUT2D eigenvalue weighted by Gasteiger charge is 2.07. The molecule has 0 spiro atoms. The molecule has 0 aliphatic heterocycles. The van der Waals surface area contributed by atoms with Gasteiger partial charge in [0.15, 0.2) is 0 Å². The molecule has 0 bridgehead atoms. The van der Waals surface area contributed by atoms with Crippen LogP contribution in [0.1, 0.15) is 26.7 Å². The zero-order chi connectivity index (χ0) is 8.91. The van der Waals surface area contributed by atoms with E-state index < -0.39 is 9.84 Å². The highest BCUT2D eigenvalue weighted by Crippen LogP contribution is 2.00. The van der Waals surface area contributed by atoms with Gasteiger partial charge in [-0.1, -0.05) is 6.92 Å². The Morgan fingerprint density at radius 1 is 1.45 bits per heavy atom. The molecule has 68 valence electrons. The van der Waals surface area contributed by atoms with Crippen LogP contribution >= 0.6 is 0 Å². The maximum atomic E-state index is 10.9. The van der Waals surface area contributed by atoms with Crippen molar-refractivity contribution in [1.29, 1.82) is 0 Å². The van der Waals surface area contributed by atoms with Gasteiger partial charge in [-0.05, 0) is 19.8 Å². The summed E-state index contributed by atoms with van der Waals surface area (Å²) in [7, 11) is -2.83. The van der Waals surface area contributed by atoms with Crippen LogP contribution in [0.2, 0.25) is 0 Å². The maximum Gasteiger partial charge on any atom is 0.150 e. The van der Waals surface area contributed by atoms with Crippen LogP contribution in [0, 0.1) is 0 Å². The molecule has 1 N–H and O–H groups in total. The first kappa shape index (κ1) is 10.9. The number of aliphatic hydroxyl groups excluding tert-OH is 1. The third-order valence-corrected chi connectivity index (χ3v) is 3.31. The second kappa shape index (κ2) is 4.72. The fourth-order valence-corrected chi connectivity index (χ4v) is 1.64. The number of aliphatic hydroxyl groups is 1. The average molecular weight is 180 g/mol. The summed E-state index contributed by atoms with van der Waals surface area (Å²) in [5, 5.41) is 8.83. The van der Waals surface area contributed by atoms with Crippen molar-refractivity contribution in [1.82, 2.24) is 0 Å². The van der Waals surface area contributed by atoms with E-state index in [1.54, 1.807) is 13.8 Å². The molecule has 11 heavy (non-hydrogen) atoms. The highest BCUT2D eigenvalue weighted by atomic mass is 32.2. The lowest BCUT2D eigenvalue weighted by atomic mass is 10.2. The van der Waals surface area contributed by atoms with E-state index in [9.17, 15) is 8.42 Å². The Balaban J connectivity index is 3.55. The highest BCUT2D eigenvalue weighted by molar-refractivity contribution is 7.91. The molecule has 0 radical (unpaired) electrons. The first-order valence-electron chi connectivity index (χ1n) is 3.86. The van der Waals surface area contributed by atoms with Crippen LogP contribution in [0.25, 0.3) is 0 Å². The van der Waals surface area contributed by atoms with Crippen LogP contribution in [0.3, 0.4) is 0 Å². The van der Waals surface area contributed by atoms with E-state index in [1.807, 2.05) is 0 Å². The van der Waals surface area contributed by atoms with Crippen molar-refractivity contribution in [2.24, 2.45) is 0 Å². The molecule has 0 aromatic heterocycles. The SMILES string of the molecule is CCS(=O)(=O)CCCC(C)O. The van der Waals surface area contributed by atoms with Crippen molar-refractivity contribution in [3.8, 4) is 0 Å². The first-order valence-corrected chi connectivity index (χ1v) is 5.68. The fraction of sp³-hybridized carbons (Fsp3) is 1.00. The monoisotopic (exact) mass is 180 g/mol. The van der Waals surface area contributed by atoms with E-state index in [0.29, 0.717) is 12.8 Å². The molecule has 0 aliphatic carbocycles. The van der Waals surface area contributed by atoms with Gasteiger partial charge in [0.2, 0.25) is 0 Å². The van der Waals surface area contributed by atoms with E-state index >= 15 is 0 Å². The summed E-state index contributed by atoms with van der Waals surface area (Å²) >= 11 is 0. The molecule has 0 heterocycles.